The summed E-state index contributed by atoms with van der Waals surface area (Å²) < 4.78 is 5.81. The number of carboxylic acids is 1. The summed E-state index contributed by atoms with van der Waals surface area (Å²) in [5, 5.41) is 15.4. The number of aliphatic carboxylic acids is 1. The van der Waals surface area contributed by atoms with Crippen LogP contribution >= 0.6 is 12.4 Å². The molecule has 1 atom stereocenters. The maximum absolute atomic E-state index is 11.8. The van der Waals surface area contributed by atoms with Gasteiger partial charge in [-0.15, -0.1) is 12.4 Å². The first-order valence-corrected chi connectivity index (χ1v) is 11.0. The lowest BCUT2D eigenvalue weighted by Crippen LogP contribution is -2.42. The smallest absolute Gasteiger partial charge is 0.326 e. The van der Waals surface area contributed by atoms with Gasteiger partial charge in [-0.25, -0.2) is 4.79 Å². The van der Waals surface area contributed by atoms with Gasteiger partial charge < -0.3 is 20.5 Å². The van der Waals surface area contributed by atoms with Crippen LogP contribution in [0.2, 0.25) is 0 Å². The highest BCUT2D eigenvalue weighted by Gasteiger charge is 2.20. The third kappa shape index (κ3) is 10.3. The van der Waals surface area contributed by atoms with E-state index >= 15 is 0 Å². The van der Waals surface area contributed by atoms with Gasteiger partial charge in [0.05, 0.1) is 6.61 Å². The van der Waals surface area contributed by atoms with Gasteiger partial charge in [0.2, 0.25) is 5.91 Å². The van der Waals surface area contributed by atoms with Crippen molar-refractivity contribution in [3.8, 4) is 5.75 Å². The van der Waals surface area contributed by atoms with Crippen molar-refractivity contribution < 1.29 is 19.4 Å². The number of hydrogen-bond acceptors (Lipinski definition) is 4. The fraction of sp³-hybridized carbons (Fsp3) is 0.652. The summed E-state index contributed by atoms with van der Waals surface area (Å²) in [4.78, 5) is 23.3. The van der Waals surface area contributed by atoms with E-state index in [4.69, 9.17) is 4.74 Å². The van der Waals surface area contributed by atoms with E-state index < -0.39 is 12.0 Å². The molecule has 170 valence electrons. The number of hydrogen-bond donors (Lipinski definition) is 3. The fourth-order valence-corrected chi connectivity index (χ4v) is 3.66. The second-order valence-electron chi connectivity index (χ2n) is 7.95. The number of halogens is 1. The maximum atomic E-state index is 11.8. The van der Waals surface area contributed by atoms with Gasteiger partial charge >= 0.3 is 5.97 Å². The molecule has 1 amide bonds. The second kappa shape index (κ2) is 15.1. The number of nitrogens with one attached hydrogen (secondary N) is 2. The van der Waals surface area contributed by atoms with Crippen LogP contribution in [0.3, 0.4) is 0 Å². The molecule has 1 saturated heterocycles. The number of carbonyl (C=O) groups is 2. The molecule has 1 fully saturated rings. The van der Waals surface area contributed by atoms with Gasteiger partial charge in [0.15, 0.2) is 0 Å². The summed E-state index contributed by atoms with van der Waals surface area (Å²) in [6.07, 6.45) is 8.42. The average molecular weight is 441 g/mol. The summed E-state index contributed by atoms with van der Waals surface area (Å²) in [6, 6.07) is 6.60. The van der Waals surface area contributed by atoms with E-state index in [1.54, 1.807) is 0 Å². The molecule has 1 unspecified atom stereocenters. The summed E-state index contributed by atoms with van der Waals surface area (Å²) in [5.41, 5.74) is 0.867. The van der Waals surface area contributed by atoms with Crippen LogP contribution in [0.15, 0.2) is 24.3 Å². The lowest BCUT2D eigenvalue weighted by atomic mass is 9.93. The quantitative estimate of drug-likeness (QED) is 0.404. The summed E-state index contributed by atoms with van der Waals surface area (Å²) in [6.45, 7) is 5.01. The Morgan fingerprint density at radius 2 is 1.87 bits per heavy atom. The zero-order valence-corrected chi connectivity index (χ0v) is 18.8. The Bertz CT molecular complexity index is 618. The van der Waals surface area contributed by atoms with E-state index in [2.05, 4.69) is 10.6 Å². The van der Waals surface area contributed by atoms with Crippen LogP contribution in [-0.2, 0) is 16.0 Å². The van der Waals surface area contributed by atoms with Crippen molar-refractivity contribution in [2.24, 2.45) is 5.92 Å². The molecule has 0 aliphatic carbocycles. The normalized spacial score (nSPS) is 15.1. The van der Waals surface area contributed by atoms with Gasteiger partial charge in [0.25, 0.3) is 0 Å². The van der Waals surface area contributed by atoms with E-state index in [0.717, 1.165) is 49.6 Å². The molecule has 1 heterocycles. The van der Waals surface area contributed by atoms with Gasteiger partial charge in [-0.1, -0.05) is 31.9 Å². The molecule has 30 heavy (non-hydrogen) atoms. The number of carbonyl (C=O) groups excluding carboxylic acids is 1. The van der Waals surface area contributed by atoms with Crippen molar-refractivity contribution >= 4 is 24.3 Å². The standard InChI is InChI=1S/C23H36N2O4.ClH/c1-2-3-7-22(26)25-21(23(27)28)17-19-8-10-20(11-9-19)29-16-5-4-6-18-12-14-24-15-13-18;/h8-11,18,21,24H,2-7,12-17H2,1H3,(H,25,26)(H,27,28);1H. The lowest BCUT2D eigenvalue weighted by Gasteiger charge is -2.22. The number of ether oxygens (including phenoxy) is 1. The monoisotopic (exact) mass is 440 g/mol. The predicted octanol–water partition coefficient (Wildman–Crippen LogP) is 3.96. The molecule has 0 saturated carbocycles. The minimum absolute atomic E-state index is 0. The van der Waals surface area contributed by atoms with Gasteiger partial charge in [-0.05, 0) is 68.8 Å². The Morgan fingerprint density at radius 1 is 1.17 bits per heavy atom. The Morgan fingerprint density at radius 3 is 2.50 bits per heavy atom. The van der Waals surface area contributed by atoms with Crippen molar-refractivity contribution in [2.45, 2.75) is 70.8 Å². The van der Waals surface area contributed by atoms with Crippen LogP contribution in [0.4, 0.5) is 0 Å². The number of amides is 1. The number of benzene rings is 1. The number of piperidine rings is 1. The van der Waals surface area contributed by atoms with E-state index in [0.29, 0.717) is 13.0 Å². The topological polar surface area (TPSA) is 87.7 Å². The average Bonchev–Trinajstić information content (AvgIpc) is 2.73. The Labute approximate surface area is 186 Å². The highest BCUT2D eigenvalue weighted by Crippen LogP contribution is 2.19. The van der Waals surface area contributed by atoms with Gasteiger partial charge in [-0.2, -0.15) is 0 Å². The van der Waals surface area contributed by atoms with Crippen LogP contribution in [0, 0.1) is 5.92 Å². The van der Waals surface area contributed by atoms with Crippen LogP contribution in [-0.4, -0.2) is 42.7 Å². The zero-order chi connectivity index (χ0) is 20.9. The molecule has 0 aromatic heterocycles. The molecule has 6 nitrogen and oxygen atoms in total. The van der Waals surface area contributed by atoms with Crippen LogP contribution in [0.25, 0.3) is 0 Å². The first-order valence-electron chi connectivity index (χ1n) is 11.0. The Balaban J connectivity index is 0.00000450. The van der Waals surface area contributed by atoms with Gasteiger partial charge in [0, 0.05) is 12.8 Å². The molecule has 0 bridgehead atoms. The molecule has 2 rings (SSSR count). The van der Waals surface area contributed by atoms with Crippen molar-refractivity contribution in [1.29, 1.82) is 0 Å². The molecule has 7 heteroatoms. The third-order valence-corrected chi connectivity index (χ3v) is 5.49. The first-order chi connectivity index (χ1) is 14.1. The van der Waals surface area contributed by atoms with Crippen LogP contribution in [0.1, 0.15) is 63.9 Å². The summed E-state index contributed by atoms with van der Waals surface area (Å²) >= 11 is 0. The van der Waals surface area contributed by atoms with Crippen molar-refractivity contribution in [3.05, 3.63) is 29.8 Å². The van der Waals surface area contributed by atoms with Crippen LogP contribution in [0.5, 0.6) is 5.75 Å². The minimum Gasteiger partial charge on any atom is -0.494 e. The van der Waals surface area contributed by atoms with E-state index in [-0.39, 0.29) is 24.7 Å². The molecule has 1 aliphatic heterocycles. The zero-order valence-electron chi connectivity index (χ0n) is 18.0. The lowest BCUT2D eigenvalue weighted by molar-refractivity contribution is -0.141. The largest absolute Gasteiger partial charge is 0.494 e. The van der Waals surface area contributed by atoms with Crippen molar-refractivity contribution in [2.75, 3.05) is 19.7 Å². The van der Waals surface area contributed by atoms with Crippen LogP contribution < -0.4 is 15.4 Å². The first kappa shape index (κ1) is 26.2. The summed E-state index contributed by atoms with van der Waals surface area (Å²) in [7, 11) is 0. The second-order valence-corrected chi connectivity index (χ2v) is 7.95. The molecule has 0 spiro atoms. The highest BCUT2D eigenvalue weighted by atomic mass is 35.5. The molecule has 1 aromatic carbocycles. The molecule has 3 N–H and O–H groups in total. The molecular weight excluding hydrogens is 404 g/mol. The predicted molar refractivity (Wildman–Crippen MR) is 121 cm³/mol. The SMILES string of the molecule is CCCCC(=O)NC(Cc1ccc(OCCCCC2CCNCC2)cc1)C(=O)O.Cl. The number of carboxylic acid groups (broad SMARTS) is 1. The van der Waals surface area contributed by atoms with Gasteiger partial charge in [-0.3, -0.25) is 4.79 Å². The third-order valence-electron chi connectivity index (χ3n) is 5.49. The summed E-state index contributed by atoms with van der Waals surface area (Å²) in [5.74, 6) is 0.447. The van der Waals surface area contributed by atoms with E-state index in [9.17, 15) is 14.7 Å². The molecular formula is C23H37ClN2O4. The number of rotatable bonds is 13. The Kier molecular flexibility index (Phi) is 13.2. The fourth-order valence-electron chi connectivity index (χ4n) is 3.66. The Hall–Kier alpha value is -1.79. The van der Waals surface area contributed by atoms with E-state index in [1.165, 1.54) is 25.7 Å². The van der Waals surface area contributed by atoms with Crippen molar-refractivity contribution in [3.63, 3.8) is 0 Å². The minimum atomic E-state index is -1.01. The maximum Gasteiger partial charge on any atom is 0.326 e. The number of unbranched alkanes of at least 4 members (excludes halogenated alkanes) is 2. The highest BCUT2D eigenvalue weighted by molar-refractivity contribution is 5.85. The van der Waals surface area contributed by atoms with E-state index in [1.807, 2.05) is 31.2 Å². The van der Waals surface area contributed by atoms with Crippen molar-refractivity contribution in [1.82, 2.24) is 10.6 Å². The molecule has 1 aliphatic rings. The molecule has 0 radical (unpaired) electrons. The van der Waals surface area contributed by atoms with Gasteiger partial charge in [0.1, 0.15) is 11.8 Å². The molecule has 1 aromatic rings.